The molecule has 1 aromatic carbocycles. The number of hydrogen-bond acceptors (Lipinski definition) is 5. The van der Waals surface area contributed by atoms with Gasteiger partial charge < -0.3 is 10.00 Å². The molecule has 0 radical (unpaired) electrons. The number of nitrogens with one attached hydrogen (secondary N) is 1. The van der Waals surface area contributed by atoms with Crippen molar-refractivity contribution in [2.24, 2.45) is 11.4 Å². The first-order valence-corrected chi connectivity index (χ1v) is 11.4. The molecule has 1 aliphatic heterocycles. The average molecular weight is 439 g/mol. The van der Waals surface area contributed by atoms with E-state index in [0.29, 0.717) is 11.5 Å². The molecule has 0 unspecified atom stereocenters. The lowest BCUT2D eigenvalue weighted by molar-refractivity contribution is 0.0828. The van der Waals surface area contributed by atoms with Crippen molar-refractivity contribution in [3.63, 3.8) is 0 Å². The Hall–Kier alpha value is -2.39. The first-order valence-electron chi connectivity index (χ1n) is 9.20. The van der Waals surface area contributed by atoms with Crippen LogP contribution in [0.2, 0.25) is 5.02 Å². The predicted octanol–water partition coefficient (Wildman–Crippen LogP) is 2.58. The van der Waals surface area contributed by atoms with Crippen molar-refractivity contribution >= 4 is 38.7 Å². The van der Waals surface area contributed by atoms with Gasteiger partial charge in [0.1, 0.15) is 11.3 Å². The molecule has 2 heterocycles. The summed E-state index contributed by atoms with van der Waals surface area (Å²) in [6, 6.07) is 2.85. The fourth-order valence-corrected chi connectivity index (χ4v) is 5.77. The minimum absolute atomic E-state index is 0.0382. The first-order chi connectivity index (χ1) is 13.6. The van der Waals surface area contributed by atoms with Crippen LogP contribution in [0, 0.1) is 0 Å². The molecule has 1 N–H and O–H groups in total. The molecule has 1 saturated heterocycles. The van der Waals surface area contributed by atoms with E-state index in [9.17, 15) is 18.6 Å². The number of aryl methyl sites for hydroxylation is 1. The van der Waals surface area contributed by atoms with Crippen LogP contribution in [0.15, 0.2) is 27.5 Å². The maximum absolute atomic E-state index is 13.2. The van der Waals surface area contributed by atoms with Gasteiger partial charge in [0.2, 0.25) is 5.78 Å². The number of aromatic amines is 1. The Morgan fingerprint density at radius 3 is 2.31 bits per heavy atom. The lowest BCUT2D eigenvalue weighted by Gasteiger charge is -2.18. The minimum Gasteiger partial charge on any atom is -0.345 e. The van der Waals surface area contributed by atoms with Crippen LogP contribution < -0.4 is 5.56 Å². The lowest BCUT2D eigenvalue weighted by atomic mass is 10.0. The number of benzene rings is 1. The van der Waals surface area contributed by atoms with E-state index in [-0.39, 0.29) is 33.3 Å². The van der Waals surface area contributed by atoms with Crippen molar-refractivity contribution in [3.8, 4) is 0 Å². The second-order valence-electron chi connectivity index (χ2n) is 7.24. The van der Waals surface area contributed by atoms with Crippen LogP contribution in [0.3, 0.4) is 0 Å². The van der Waals surface area contributed by atoms with Crippen LogP contribution >= 0.6 is 11.6 Å². The van der Waals surface area contributed by atoms with Gasteiger partial charge in [-0.2, -0.15) is 4.36 Å². The van der Waals surface area contributed by atoms with Crippen LogP contribution in [0.4, 0.5) is 5.69 Å². The summed E-state index contributed by atoms with van der Waals surface area (Å²) < 4.78 is 18.8. The summed E-state index contributed by atoms with van der Waals surface area (Å²) in [5.74, 6) is -0.0954. The zero-order valence-corrected chi connectivity index (χ0v) is 18.1. The number of aromatic nitrogens is 2. The van der Waals surface area contributed by atoms with Gasteiger partial charge in [-0.05, 0) is 25.0 Å². The van der Waals surface area contributed by atoms with Gasteiger partial charge in [0.25, 0.3) is 11.5 Å². The van der Waals surface area contributed by atoms with Crippen LogP contribution in [-0.4, -0.2) is 56.2 Å². The van der Waals surface area contributed by atoms with E-state index in [0.717, 1.165) is 19.3 Å². The smallest absolute Gasteiger partial charge is 0.277 e. The fourth-order valence-electron chi connectivity index (χ4n) is 3.20. The molecular formula is C19H23ClN4O4S. The van der Waals surface area contributed by atoms with E-state index in [2.05, 4.69) is 9.46 Å². The fraction of sp³-hybridized carbons (Fsp3) is 0.421. The molecule has 1 fully saturated rings. The van der Waals surface area contributed by atoms with Gasteiger partial charge in [0, 0.05) is 44.4 Å². The zero-order chi connectivity index (χ0) is 21.3. The number of hydrogen-bond donors (Lipinski definition) is 1. The number of ketones is 1. The van der Waals surface area contributed by atoms with Crippen molar-refractivity contribution in [3.05, 3.63) is 50.4 Å². The van der Waals surface area contributed by atoms with Gasteiger partial charge in [-0.1, -0.05) is 18.0 Å². The average Bonchev–Trinajstić information content (AvgIpc) is 3.01. The third-order valence-electron chi connectivity index (χ3n) is 4.86. The number of H-pyrrole nitrogens is 1. The van der Waals surface area contributed by atoms with Gasteiger partial charge in [-0.15, -0.1) is 0 Å². The molecule has 0 saturated carbocycles. The van der Waals surface area contributed by atoms with Gasteiger partial charge in [0.05, 0.1) is 20.3 Å². The first kappa shape index (κ1) is 21.3. The van der Waals surface area contributed by atoms with Crippen LogP contribution in [0.1, 0.15) is 45.5 Å². The number of rotatable bonds is 4. The van der Waals surface area contributed by atoms with Gasteiger partial charge in [0.15, 0.2) is 0 Å². The topological polar surface area (TPSA) is 105 Å². The van der Waals surface area contributed by atoms with Crippen molar-refractivity contribution < 1.29 is 13.8 Å². The molecule has 0 aliphatic carbocycles. The molecule has 8 nitrogen and oxygen atoms in total. The minimum atomic E-state index is -2.57. The van der Waals surface area contributed by atoms with Gasteiger partial charge >= 0.3 is 0 Å². The number of halogens is 1. The van der Waals surface area contributed by atoms with Gasteiger partial charge in [-0.25, -0.2) is 4.21 Å². The number of nitrogens with zero attached hydrogens (tertiary/aromatic N) is 3. The van der Waals surface area contributed by atoms with E-state index in [4.69, 9.17) is 11.6 Å². The molecule has 156 valence electrons. The zero-order valence-electron chi connectivity index (χ0n) is 16.5. The highest BCUT2D eigenvalue weighted by atomic mass is 35.5. The quantitative estimate of drug-likeness (QED) is 0.740. The number of amides is 1. The lowest BCUT2D eigenvalue weighted by Crippen LogP contribution is -2.23. The molecule has 2 aromatic rings. The standard InChI is InChI=1S/C19H23ClN4O4S/c1-23(2)18(26)13-8-7-12(17(25)14-11-21-24(3)19(14)27)15(20)16(13)22-29(28)9-5-4-6-10-29/h7-8,11,21H,4-6,9-10H2,1-3H3. The Kier molecular flexibility index (Phi) is 6.00. The Morgan fingerprint density at radius 1 is 1.14 bits per heavy atom. The molecule has 1 amide bonds. The third kappa shape index (κ3) is 4.16. The van der Waals surface area contributed by atoms with Crippen LogP contribution in [0.25, 0.3) is 0 Å². The summed E-state index contributed by atoms with van der Waals surface area (Å²) in [6.07, 6.45) is 3.86. The SMILES string of the molecule is CN(C)C(=O)c1ccc(C(=O)c2c[nH]n(C)c2=O)c(Cl)c1N=S1(=O)CCCCC1. The summed E-state index contributed by atoms with van der Waals surface area (Å²) in [4.78, 5) is 39.1. The molecule has 0 spiro atoms. The van der Waals surface area contributed by atoms with E-state index in [1.165, 1.54) is 35.0 Å². The van der Waals surface area contributed by atoms with Crippen molar-refractivity contribution in [2.75, 3.05) is 25.6 Å². The largest absolute Gasteiger partial charge is 0.345 e. The highest BCUT2D eigenvalue weighted by molar-refractivity contribution is 7.93. The van der Waals surface area contributed by atoms with E-state index in [1.54, 1.807) is 14.1 Å². The highest BCUT2D eigenvalue weighted by Gasteiger charge is 2.26. The van der Waals surface area contributed by atoms with Crippen molar-refractivity contribution in [2.45, 2.75) is 19.3 Å². The number of carbonyl (C=O) groups is 2. The Balaban J connectivity index is 2.21. The molecule has 1 aliphatic rings. The molecule has 29 heavy (non-hydrogen) atoms. The van der Waals surface area contributed by atoms with Crippen LogP contribution in [0.5, 0.6) is 0 Å². The summed E-state index contributed by atoms with van der Waals surface area (Å²) in [5, 5.41) is 2.58. The molecule has 3 rings (SSSR count). The van der Waals surface area contributed by atoms with Crippen LogP contribution in [-0.2, 0) is 16.8 Å². The molecule has 0 atom stereocenters. The monoisotopic (exact) mass is 438 g/mol. The third-order valence-corrected chi connectivity index (χ3v) is 7.61. The Labute approximate surface area is 174 Å². The molecule has 0 bridgehead atoms. The van der Waals surface area contributed by atoms with Crippen molar-refractivity contribution in [1.82, 2.24) is 14.7 Å². The summed E-state index contributed by atoms with van der Waals surface area (Å²) in [7, 11) is 2.09. The van der Waals surface area contributed by atoms with E-state index in [1.807, 2.05) is 0 Å². The number of carbonyl (C=O) groups excluding carboxylic acids is 2. The maximum Gasteiger partial charge on any atom is 0.277 e. The second-order valence-corrected chi connectivity index (χ2v) is 10.2. The highest BCUT2D eigenvalue weighted by Crippen LogP contribution is 2.36. The molecule has 1 aromatic heterocycles. The Morgan fingerprint density at radius 2 is 1.76 bits per heavy atom. The predicted molar refractivity (Wildman–Crippen MR) is 113 cm³/mol. The van der Waals surface area contributed by atoms with Gasteiger partial charge in [-0.3, -0.25) is 19.1 Å². The van der Waals surface area contributed by atoms with Crippen molar-refractivity contribution in [1.29, 1.82) is 0 Å². The van der Waals surface area contributed by atoms with E-state index >= 15 is 0 Å². The summed E-state index contributed by atoms with van der Waals surface area (Å²) in [5.41, 5.74) is -0.302. The maximum atomic E-state index is 13.2. The van der Waals surface area contributed by atoms with E-state index < -0.39 is 21.1 Å². The molecular weight excluding hydrogens is 416 g/mol. The molecule has 10 heteroatoms. The second kappa shape index (κ2) is 8.16. The summed E-state index contributed by atoms with van der Waals surface area (Å²) in [6.45, 7) is 0. The summed E-state index contributed by atoms with van der Waals surface area (Å²) >= 11 is 6.52. The normalized spacial score (nSPS) is 15.7. The Bertz CT molecular complexity index is 1140.